The molecule has 2 N–H and O–H groups in total. The maximum atomic E-state index is 5.46. The van der Waals surface area contributed by atoms with Gasteiger partial charge in [0, 0.05) is 5.25 Å². The second kappa shape index (κ2) is 2.17. The molecule has 1 heterocycles. The first-order chi connectivity index (χ1) is 4.43. The van der Waals surface area contributed by atoms with Gasteiger partial charge in [-0.15, -0.1) is 0 Å². The third-order valence-electron chi connectivity index (χ3n) is 2.51. The molecule has 1 saturated carbocycles. The fraction of sp³-hybridized carbons (Fsp3) is 1.00. The van der Waals surface area contributed by atoms with Crippen LogP contribution in [0.2, 0.25) is 0 Å². The minimum atomic E-state index is 0.901. The van der Waals surface area contributed by atoms with Crippen LogP contribution in [-0.2, 0) is 0 Å². The van der Waals surface area contributed by atoms with Gasteiger partial charge in [0.05, 0.1) is 0 Å². The molecule has 52 valence electrons. The Morgan fingerprint density at radius 2 is 2.44 bits per heavy atom. The zero-order valence-electron chi connectivity index (χ0n) is 5.55. The highest BCUT2D eigenvalue weighted by Gasteiger charge is 2.52. The lowest BCUT2D eigenvalue weighted by Crippen LogP contribution is -2.02. The second-order valence-electron chi connectivity index (χ2n) is 3.03. The summed E-state index contributed by atoms with van der Waals surface area (Å²) < 4.78 is 0. The summed E-state index contributed by atoms with van der Waals surface area (Å²) in [6, 6.07) is 0. The Morgan fingerprint density at radius 1 is 1.56 bits per heavy atom. The van der Waals surface area contributed by atoms with Gasteiger partial charge in [-0.25, -0.2) is 0 Å². The van der Waals surface area contributed by atoms with E-state index in [1.807, 2.05) is 0 Å². The summed E-state index contributed by atoms with van der Waals surface area (Å²) in [5.41, 5.74) is 5.46. The van der Waals surface area contributed by atoms with E-state index < -0.39 is 0 Å². The highest BCUT2D eigenvalue weighted by atomic mass is 32.2. The molecule has 2 heteroatoms. The summed E-state index contributed by atoms with van der Waals surface area (Å²) in [5, 5.41) is 1.04. The van der Waals surface area contributed by atoms with Gasteiger partial charge in [0.1, 0.15) is 0 Å². The van der Waals surface area contributed by atoms with Gasteiger partial charge < -0.3 is 5.73 Å². The van der Waals surface area contributed by atoms with Gasteiger partial charge in [-0.3, -0.25) is 0 Å². The maximum Gasteiger partial charge on any atom is 0.0110 e. The molecule has 1 nitrogen and oxygen atoms in total. The standard InChI is InChI=1S/C7H13NS/c8-3-1-5-6-2-4-9-7(5)6/h5-7H,1-4,8H2. The van der Waals surface area contributed by atoms with E-state index in [-0.39, 0.29) is 0 Å². The zero-order valence-corrected chi connectivity index (χ0v) is 6.36. The van der Waals surface area contributed by atoms with Gasteiger partial charge >= 0.3 is 0 Å². The summed E-state index contributed by atoms with van der Waals surface area (Å²) in [6.45, 7) is 0.901. The quantitative estimate of drug-likeness (QED) is 0.626. The van der Waals surface area contributed by atoms with Gasteiger partial charge in [-0.2, -0.15) is 11.8 Å². The van der Waals surface area contributed by atoms with Crippen molar-refractivity contribution < 1.29 is 0 Å². The van der Waals surface area contributed by atoms with Crippen LogP contribution in [0.15, 0.2) is 0 Å². The Hall–Kier alpha value is 0.310. The van der Waals surface area contributed by atoms with Crippen molar-refractivity contribution in [3.05, 3.63) is 0 Å². The summed E-state index contributed by atoms with van der Waals surface area (Å²) in [6.07, 6.45) is 2.75. The van der Waals surface area contributed by atoms with E-state index in [9.17, 15) is 0 Å². The molecular formula is C7H13NS. The average molecular weight is 143 g/mol. The molecule has 0 amide bonds. The van der Waals surface area contributed by atoms with Crippen molar-refractivity contribution >= 4 is 11.8 Å². The number of hydrogen-bond donors (Lipinski definition) is 1. The molecular weight excluding hydrogens is 130 g/mol. The number of thioether (sulfide) groups is 1. The van der Waals surface area contributed by atoms with Crippen molar-refractivity contribution in [3.8, 4) is 0 Å². The van der Waals surface area contributed by atoms with Crippen LogP contribution in [0.25, 0.3) is 0 Å². The van der Waals surface area contributed by atoms with Crippen LogP contribution in [0.1, 0.15) is 12.8 Å². The minimum Gasteiger partial charge on any atom is -0.330 e. The summed E-state index contributed by atoms with van der Waals surface area (Å²) in [4.78, 5) is 0. The summed E-state index contributed by atoms with van der Waals surface area (Å²) >= 11 is 2.16. The van der Waals surface area contributed by atoms with Crippen molar-refractivity contribution in [1.29, 1.82) is 0 Å². The predicted molar refractivity (Wildman–Crippen MR) is 41.5 cm³/mol. The first-order valence-electron chi connectivity index (χ1n) is 3.75. The molecule has 0 aromatic rings. The van der Waals surface area contributed by atoms with E-state index in [0.717, 1.165) is 23.6 Å². The number of fused-ring (bicyclic) bond motifs is 1. The lowest BCUT2D eigenvalue weighted by Gasteiger charge is -1.97. The van der Waals surface area contributed by atoms with E-state index in [4.69, 9.17) is 5.73 Å². The van der Waals surface area contributed by atoms with Crippen LogP contribution < -0.4 is 5.73 Å². The van der Waals surface area contributed by atoms with Gasteiger partial charge in [0.25, 0.3) is 0 Å². The van der Waals surface area contributed by atoms with Crippen LogP contribution in [0, 0.1) is 11.8 Å². The lowest BCUT2D eigenvalue weighted by atomic mass is 10.2. The van der Waals surface area contributed by atoms with Crippen molar-refractivity contribution in [2.45, 2.75) is 18.1 Å². The summed E-state index contributed by atoms with van der Waals surface area (Å²) in [5.74, 6) is 3.52. The van der Waals surface area contributed by atoms with E-state index in [1.165, 1.54) is 18.6 Å². The molecule has 2 fully saturated rings. The largest absolute Gasteiger partial charge is 0.330 e. The molecule has 0 aromatic carbocycles. The molecule has 1 aliphatic heterocycles. The number of hydrogen-bond acceptors (Lipinski definition) is 2. The molecule has 2 aliphatic rings. The lowest BCUT2D eigenvalue weighted by molar-refractivity contribution is 0.640. The molecule has 2 rings (SSSR count). The molecule has 1 saturated heterocycles. The monoisotopic (exact) mass is 143 g/mol. The first kappa shape index (κ1) is 6.05. The van der Waals surface area contributed by atoms with Crippen LogP contribution in [0.3, 0.4) is 0 Å². The van der Waals surface area contributed by atoms with Crippen LogP contribution in [-0.4, -0.2) is 17.5 Å². The highest BCUT2D eigenvalue weighted by molar-refractivity contribution is 8.00. The average Bonchev–Trinajstić information content (AvgIpc) is 2.39. The van der Waals surface area contributed by atoms with Gasteiger partial charge in [-0.05, 0) is 37.0 Å². The first-order valence-corrected chi connectivity index (χ1v) is 4.80. The van der Waals surface area contributed by atoms with Crippen molar-refractivity contribution in [3.63, 3.8) is 0 Å². The Kier molecular flexibility index (Phi) is 1.46. The molecule has 0 bridgehead atoms. The van der Waals surface area contributed by atoms with Crippen molar-refractivity contribution in [1.82, 2.24) is 0 Å². The van der Waals surface area contributed by atoms with E-state index in [2.05, 4.69) is 11.8 Å². The van der Waals surface area contributed by atoms with E-state index >= 15 is 0 Å². The molecule has 0 radical (unpaired) electrons. The molecule has 0 spiro atoms. The van der Waals surface area contributed by atoms with Gasteiger partial charge in [-0.1, -0.05) is 0 Å². The Bertz CT molecular complexity index is 105. The third-order valence-corrected chi connectivity index (χ3v) is 4.07. The van der Waals surface area contributed by atoms with Crippen LogP contribution in [0.4, 0.5) is 0 Å². The SMILES string of the molecule is NCCC1C2CCSC12. The fourth-order valence-electron chi connectivity index (χ4n) is 1.95. The molecule has 0 aromatic heterocycles. The molecule has 3 unspecified atom stereocenters. The normalized spacial score (nSPS) is 47.0. The smallest absolute Gasteiger partial charge is 0.0110 e. The highest BCUT2D eigenvalue weighted by Crippen LogP contribution is 2.57. The third kappa shape index (κ3) is 0.887. The van der Waals surface area contributed by atoms with Crippen molar-refractivity contribution in [2.75, 3.05) is 12.3 Å². The van der Waals surface area contributed by atoms with Crippen LogP contribution >= 0.6 is 11.8 Å². The molecule has 9 heavy (non-hydrogen) atoms. The minimum absolute atomic E-state index is 0.901. The van der Waals surface area contributed by atoms with Gasteiger partial charge in [0.2, 0.25) is 0 Å². The van der Waals surface area contributed by atoms with E-state index in [1.54, 1.807) is 0 Å². The van der Waals surface area contributed by atoms with E-state index in [0.29, 0.717) is 0 Å². The zero-order chi connectivity index (χ0) is 6.27. The predicted octanol–water partition coefficient (Wildman–Crippen LogP) is 1.09. The molecule has 1 aliphatic carbocycles. The second-order valence-corrected chi connectivity index (χ2v) is 4.32. The molecule has 3 atom stereocenters. The maximum absolute atomic E-state index is 5.46. The Balaban J connectivity index is 1.81. The van der Waals surface area contributed by atoms with Crippen LogP contribution in [0.5, 0.6) is 0 Å². The number of nitrogens with two attached hydrogens (primary N) is 1. The topological polar surface area (TPSA) is 26.0 Å². The fourth-order valence-corrected chi connectivity index (χ4v) is 3.71. The van der Waals surface area contributed by atoms with Crippen molar-refractivity contribution in [2.24, 2.45) is 17.6 Å². The summed E-state index contributed by atoms with van der Waals surface area (Å²) in [7, 11) is 0. The Morgan fingerprint density at radius 3 is 3.00 bits per heavy atom. The Labute approximate surface area is 60.4 Å². The number of rotatable bonds is 2. The van der Waals surface area contributed by atoms with Gasteiger partial charge in [0.15, 0.2) is 0 Å².